The van der Waals surface area contributed by atoms with Crippen LogP contribution in [0.1, 0.15) is 10.4 Å². The van der Waals surface area contributed by atoms with Gasteiger partial charge in [-0.15, -0.1) is 0 Å². The molecule has 0 atom stereocenters. The molecule has 3 aromatic rings. The molecule has 1 fully saturated rings. The fourth-order valence-electron chi connectivity index (χ4n) is 2.72. The highest BCUT2D eigenvalue weighted by Crippen LogP contribution is 2.21. The summed E-state index contributed by atoms with van der Waals surface area (Å²) in [7, 11) is 0. The highest BCUT2D eigenvalue weighted by molar-refractivity contribution is 7.00. The minimum absolute atomic E-state index is 0.00971. The highest BCUT2D eigenvalue weighted by atomic mass is 32.1. The molecule has 0 aliphatic carbocycles. The van der Waals surface area contributed by atoms with Gasteiger partial charge in [0.25, 0.3) is 11.5 Å². The lowest BCUT2D eigenvalue weighted by Crippen LogP contribution is -2.52. The van der Waals surface area contributed by atoms with Gasteiger partial charge in [-0.1, -0.05) is 0 Å². The molecule has 1 saturated heterocycles. The smallest absolute Gasteiger partial charge is 0.266 e. The molecule has 0 saturated carbocycles. The highest BCUT2D eigenvalue weighted by Gasteiger charge is 2.31. The third kappa shape index (κ3) is 2.61. The molecule has 1 amide bonds. The van der Waals surface area contributed by atoms with Crippen LogP contribution in [0.5, 0.6) is 0 Å². The molecular formula is C15H13N5O2S. The Morgan fingerprint density at radius 3 is 2.87 bits per heavy atom. The van der Waals surface area contributed by atoms with Crippen molar-refractivity contribution >= 4 is 28.7 Å². The molecule has 1 aliphatic heterocycles. The third-order valence-electron chi connectivity index (χ3n) is 3.96. The molecule has 0 radical (unpaired) electrons. The summed E-state index contributed by atoms with van der Waals surface area (Å²) in [5.74, 6) is 0.251. The number of benzene rings is 1. The molecule has 23 heavy (non-hydrogen) atoms. The third-order valence-corrected chi connectivity index (χ3v) is 4.52. The number of carbonyl (C=O) groups excluding carboxylic acids is 1. The van der Waals surface area contributed by atoms with E-state index in [1.165, 1.54) is 10.7 Å². The van der Waals surface area contributed by atoms with E-state index in [0.717, 1.165) is 22.8 Å². The molecule has 1 aromatic carbocycles. The summed E-state index contributed by atoms with van der Waals surface area (Å²) in [6, 6.07) is 8.49. The average Bonchev–Trinajstić information content (AvgIpc) is 2.99. The topological polar surface area (TPSA) is 81.0 Å². The van der Waals surface area contributed by atoms with E-state index in [2.05, 4.69) is 13.8 Å². The Balaban J connectivity index is 1.42. The quantitative estimate of drug-likeness (QED) is 0.717. The van der Waals surface area contributed by atoms with Gasteiger partial charge in [0.15, 0.2) is 0 Å². The lowest BCUT2D eigenvalue weighted by Gasteiger charge is -2.39. The van der Waals surface area contributed by atoms with Crippen LogP contribution in [0.4, 0.5) is 0 Å². The van der Waals surface area contributed by atoms with Gasteiger partial charge in [0.1, 0.15) is 11.0 Å². The Labute approximate surface area is 135 Å². The van der Waals surface area contributed by atoms with Gasteiger partial charge in [0.05, 0.1) is 18.3 Å². The molecule has 2 aromatic heterocycles. The Morgan fingerprint density at radius 1 is 1.22 bits per heavy atom. The van der Waals surface area contributed by atoms with Crippen LogP contribution in [-0.2, 0) is 6.54 Å². The van der Waals surface area contributed by atoms with Gasteiger partial charge in [0.2, 0.25) is 0 Å². The van der Waals surface area contributed by atoms with Gasteiger partial charge in [-0.25, -0.2) is 4.68 Å². The summed E-state index contributed by atoms with van der Waals surface area (Å²) < 4.78 is 9.73. The van der Waals surface area contributed by atoms with Crippen molar-refractivity contribution in [2.24, 2.45) is 5.92 Å². The van der Waals surface area contributed by atoms with Crippen LogP contribution < -0.4 is 5.56 Å². The van der Waals surface area contributed by atoms with E-state index in [1.54, 1.807) is 29.3 Å². The molecule has 116 valence electrons. The van der Waals surface area contributed by atoms with Crippen LogP contribution in [0.15, 0.2) is 41.3 Å². The van der Waals surface area contributed by atoms with Crippen molar-refractivity contribution in [3.8, 4) is 0 Å². The van der Waals surface area contributed by atoms with Crippen LogP contribution in [0.3, 0.4) is 0 Å². The number of nitrogens with zero attached hydrogens (tertiary/aromatic N) is 5. The number of rotatable bonds is 3. The van der Waals surface area contributed by atoms with Crippen molar-refractivity contribution in [2.75, 3.05) is 13.1 Å². The number of carbonyl (C=O) groups is 1. The van der Waals surface area contributed by atoms with Crippen molar-refractivity contribution < 1.29 is 4.79 Å². The van der Waals surface area contributed by atoms with E-state index in [9.17, 15) is 9.59 Å². The summed E-state index contributed by atoms with van der Waals surface area (Å²) in [6.07, 6.45) is 1.60. The van der Waals surface area contributed by atoms with Crippen LogP contribution >= 0.6 is 11.7 Å². The van der Waals surface area contributed by atoms with Gasteiger partial charge in [-0.2, -0.15) is 13.8 Å². The Bertz CT molecular complexity index is 929. The number of amides is 1. The minimum atomic E-state index is -0.112. The second kappa shape index (κ2) is 5.54. The van der Waals surface area contributed by atoms with Crippen molar-refractivity contribution in [2.45, 2.75) is 6.54 Å². The predicted octanol–water partition coefficient (Wildman–Crippen LogP) is 1.02. The molecule has 0 spiro atoms. The molecule has 1 aliphatic rings. The van der Waals surface area contributed by atoms with E-state index >= 15 is 0 Å². The van der Waals surface area contributed by atoms with Crippen LogP contribution in [0, 0.1) is 5.92 Å². The number of aromatic nitrogens is 4. The summed E-state index contributed by atoms with van der Waals surface area (Å²) >= 11 is 1.14. The fourth-order valence-corrected chi connectivity index (χ4v) is 3.24. The van der Waals surface area contributed by atoms with Crippen molar-refractivity contribution in [3.05, 3.63) is 52.4 Å². The van der Waals surface area contributed by atoms with Gasteiger partial charge in [0, 0.05) is 36.8 Å². The van der Waals surface area contributed by atoms with Gasteiger partial charge >= 0.3 is 0 Å². The second-order valence-electron chi connectivity index (χ2n) is 5.59. The molecule has 4 rings (SSSR count). The second-order valence-corrected chi connectivity index (χ2v) is 6.12. The monoisotopic (exact) mass is 327 g/mol. The van der Waals surface area contributed by atoms with Gasteiger partial charge < -0.3 is 4.90 Å². The summed E-state index contributed by atoms with van der Waals surface area (Å²) in [5, 5.41) is 4.04. The fraction of sp³-hybridized carbons (Fsp3) is 0.267. The molecule has 0 unspecified atom stereocenters. The molecule has 8 heteroatoms. The average molecular weight is 327 g/mol. The van der Waals surface area contributed by atoms with Gasteiger partial charge in [-0.05, 0) is 24.3 Å². The number of hydrogen-bond donors (Lipinski definition) is 0. The largest absolute Gasteiger partial charge is 0.338 e. The zero-order chi connectivity index (χ0) is 15.8. The van der Waals surface area contributed by atoms with E-state index in [-0.39, 0.29) is 17.4 Å². The van der Waals surface area contributed by atoms with Crippen molar-refractivity contribution in [3.63, 3.8) is 0 Å². The lowest BCUT2D eigenvalue weighted by atomic mass is 9.98. The summed E-state index contributed by atoms with van der Waals surface area (Å²) in [6.45, 7) is 1.81. The van der Waals surface area contributed by atoms with Crippen molar-refractivity contribution in [1.29, 1.82) is 0 Å². The molecular weight excluding hydrogens is 314 g/mol. The number of likely N-dealkylation sites (tertiary alicyclic amines) is 1. The molecule has 0 bridgehead atoms. The van der Waals surface area contributed by atoms with Crippen LogP contribution in [0.25, 0.3) is 11.0 Å². The van der Waals surface area contributed by atoms with E-state index < -0.39 is 0 Å². The standard InChI is InChI=1S/C15H13N5O2S/c21-14-2-1-5-16-20(14)9-10-7-19(8-10)15(22)11-3-4-12-13(6-11)18-23-17-12/h1-6,10H,7-9H2. The Kier molecular flexibility index (Phi) is 3.38. The number of hydrogen-bond acceptors (Lipinski definition) is 6. The first kappa shape index (κ1) is 14.0. The van der Waals surface area contributed by atoms with E-state index in [4.69, 9.17) is 0 Å². The maximum atomic E-state index is 12.5. The zero-order valence-corrected chi connectivity index (χ0v) is 12.9. The lowest BCUT2D eigenvalue weighted by molar-refractivity contribution is 0.0458. The first-order chi connectivity index (χ1) is 11.2. The first-order valence-electron chi connectivity index (χ1n) is 7.24. The number of fused-ring (bicyclic) bond motifs is 1. The van der Waals surface area contributed by atoms with Crippen LogP contribution in [0.2, 0.25) is 0 Å². The molecule has 3 heterocycles. The Morgan fingerprint density at radius 2 is 2.04 bits per heavy atom. The van der Waals surface area contributed by atoms with Gasteiger partial charge in [-0.3, -0.25) is 9.59 Å². The normalized spacial score (nSPS) is 14.9. The maximum absolute atomic E-state index is 12.5. The minimum Gasteiger partial charge on any atom is -0.338 e. The summed E-state index contributed by atoms with van der Waals surface area (Å²) in [5.41, 5.74) is 2.07. The predicted molar refractivity (Wildman–Crippen MR) is 85.3 cm³/mol. The Hall–Kier alpha value is -2.61. The SMILES string of the molecule is O=C(c1ccc2nsnc2c1)N1CC(Cn2ncccc2=O)C1. The van der Waals surface area contributed by atoms with Crippen molar-refractivity contribution in [1.82, 2.24) is 23.4 Å². The van der Waals surface area contributed by atoms with E-state index in [0.29, 0.717) is 25.2 Å². The zero-order valence-electron chi connectivity index (χ0n) is 12.1. The van der Waals surface area contributed by atoms with Crippen LogP contribution in [-0.4, -0.2) is 42.4 Å². The summed E-state index contributed by atoms with van der Waals surface area (Å²) in [4.78, 5) is 25.9. The van der Waals surface area contributed by atoms with E-state index in [1.807, 2.05) is 6.07 Å². The maximum Gasteiger partial charge on any atom is 0.266 e. The first-order valence-corrected chi connectivity index (χ1v) is 7.97. The molecule has 0 N–H and O–H groups in total. The molecule has 7 nitrogen and oxygen atoms in total.